The second-order valence-electron chi connectivity index (χ2n) is 7.19. The Morgan fingerprint density at radius 3 is 2.72 bits per heavy atom. The van der Waals surface area contributed by atoms with Crippen LogP contribution in [0.25, 0.3) is 10.2 Å². The van der Waals surface area contributed by atoms with Crippen LogP contribution in [0, 0.1) is 0 Å². The SMILES string of the molecule is CSCC1(O)CCN(C(=O)c2ccc(NSc3cccc4scnc34)cc2)CC1. The monoisotopic (exact) mass is 445 g/mol. The third-order valence-corrected chi connectivity index (χ3v) is 7.64. The summed E-state index contributed by atoms with van der Waals surface area (Å²) in [6, 6.07) is 13.7. The number of hydrogen-bond acceptors (Lipinski definition) is 7. The molecule has 0 saturated carbocycles. The van der Waals surface area contributed by atoms with Gasteiger partial charge in [-0.3, -0.25) is 4.79 Å². The summed E-state index contributed by atoms with van der Waals surface area (Å²) >= 11 is 4.81. The fourth-order valence-electron chi connectivity index (χ4n) is 3.46. The number of piperidine rings is 1. The fraction of sp³-hybridized carbons (Fsp3) is 0.333. The van der Waals surface area contributed by atoms with E-state index in [1.54, 1.807) is 23.1 Å². The van der Waals surface area contributed by atoms with Crippen molar-refractivity contribution in [1.82, 2.24) is 9.88 Å². The number of carbonyl (C=O) groups is 1. The molecule has 1 saturated heterocycles. The second-order valence-corrected chi connectivity index (χ2v) is 9.79. The lowest BCUT2D eigenvalue weighted by Gasteiger charge is -2.37. The Hall–Kier alpha value is -1.74. The van der Waals surface area contributed by atoms with Crippen LogP contribution in [-0.2, 0) is 0 Å². The topological polar surface area (TPSA) is 65.5 Å². The number of aromatic nitrogens is 1. The predicted octanol–water partition coefficient (Wildman–Crippen LogP) is 4.75. The molecule has 0 aliphatic carbocycles. The molecule has 1 fully saturated rings. The summed E-state index contributed by atoms with van der Waals surface area (Å²) in [5.41, 5.74) is 3.84. The summed E-state index contributed by atoms with van der Waals surface area (Å²) in [6.45, 7) is 1.20. The van der Waals surface area contributed by atoms with Gasteiger partial charge in [0.15, 0.2) is 0 Å². The number of thiazole rings is 1. The minimum atomic E-state index is -0.638. The van der Waals surface area contributed by atoms with E-state index < -0.39 is 5.60 Å². The minimum Gasteiger partial charge on any atom is -0.389 e. The molecule has 2 heterocycles. The number of thioether (sulfide) groups is 1. The molecule has 0 atom stereocenters. The van der Waals surface area contributed by atoms with Gasteiger partial charge in [0.25, 0.3) is 5.91 Å². The Bertz CT molecular complexity index is 982. The molecule has 0 radical (unpaired) electrons. The van der Waals surface area contributed by atoms with Crippen molar-refractivity contribution in [2.75, 3.05) is 29.8 Å². The van der Waals surface area contributed by atoms with Crippen molar-refractivity contribution in [3.63, 3.8) is 0 Å². The lowest BCUT2D eigenvalue weighted by atomic mass is 9.93. The second kappa shape index (κ2) is 8.95. The van der Waals surface area contributed by atoms with E-state index in [1.807, 2.05) is 53.1 Å². The maximum Gasteiger partial charge on any atom is 0.253 e. The maximum absolute atomic E-state index is 12.8. The van der Waals surface area contributed by atoms with Crippen molar-refractivity contribution in [3.8, 4) is 0 Å². The maximum atomic E-state index is 12.8. The number of aliphatic hydroxyl groups is 1. The summed E-state index contributed by atoms with van der Waals surface area (Å²) in [6.07, 6.45) is 3.27. The highest BCUT2D eigenvalue weighted by Gasteiger charge is 2.33. The number of rotatable bonds is 6. The molecule has 0 unspecified atom stereocenters. The molecule has 1 aromatic heterocycles. The molecule has 0 spiro atoms. The molecule has 0 bridgehead atoms. The molecule has 2 N–H and O–H groups in total. The van der Waals surface area contributed by atoms with Crippen LogP contribution in [0.3, 0.4) is 0 Å². The van der Waals surface area contributed by atoms with Crippen molar-refractivity contribution in [2.45, 2.75) is 23.3 Å². The molecule has 152 valence electrons. The van der Waals surface area contributed by atoms with Crippen LogP contribution in [0.5, 0.6) is 0 Å². The zero-order valence-electron chi connectivity index (χ0n) is 16.1. The number of nitrogens with zero attached hydrogens (tertiary/aromatic N) is 2. The Kier molecular flexibility index (Phi) is 6.34. The molecule has 1 aliphatic heterocycles. The summed E-state index contributed by atoms with van der Waals surface area (Å²) < 4.78 is 4.50. The molecule has 5 nitrogen and oxygen atoms in total. The first-order chi connectivity index (χ1) is 14.1. The van der Waals surface area contributed by atoms with Crippen LogP contribution >= 0.6 is 35.0 Å². The smallest absolute Gasteiger partial charge is 0.253 e. The zero-order valence-corrected chi connectivity index (χ0v) is 18.6. The van der Waals surface area contributed by atoms with Gasteiger partial charge in [0.1, 0.15) is 0 Å². The van der Waals surface area contributed by atoms with Crippen LogP contribution in [-0.4, -0.2) is 51.6 Å². The van der Waals surface area contributed by atoms with E-state index in [9.17, 15) is 9.90 Å². The van der Waals surface area contributed by atoms with Gasteiger partial charge in [-0.1, -0.05) is 6.07 Å². The van der Waals surface area contributed by atoms with E-state index in [0.717, 1.165) is 21.9 Å². The molecule has 29 heavy (non-hydrogen) atoms. The van der Waals surface area contributed by atoms with E-state index >= 15 is 0 Å². The summed E-state index contributed by atoms with van der Waals surface area (Å²) in [7, 11) is 0. The Labute approximate surface area is 183 Å². The van der Waals surface area contributed by atoms with Crippen molar-refractivity contribution in [3.05, 3.63) is 53.5 Å². The Balaban J connectivity index is 1.35. The fourth-order valence-corrected chi connectivity index (χ4v) is 5.82. The highest BCUT2D eigenvalue weighted by atomic mass is 32.2. The molecular formula is C21H23N3O2S3. The van der Waals surface area contributed by atoms with E-state index in [-0.39, 0.29) is 5.91 Å². The van der Waals surface area contributed by atoms with Gasteiger partial charge in [-0.25, -0.2) is 4.98 Å². The number of likely N-dealkylation sites (tertiary alicyclic amines) is 1. The number of fused-ring (bicyclic) bond motifs is 1. The van der Waals surface area contributed by atoms with Crippen molar-refractivity contribution < 1.29 is 9.90 Å². The van der Waals surface area contributed by atoms with Crippen LogP contribution < -0.4 is 4.72 Å². The average molecular weight is 446 g/mol. The molecule has 3 aromatic rings. The van der Waals surface area contributed by atoms with E-state index in [1.165, 1.54) is 16.6 Å². The molecule has 1 amide bonds. The predicted molar refractivity (Wildman–Crippen MR) is 124 cm³/mol. The molecule has 1 aliphatic rings. The largest absolute Gasteiger partial charge is 0.389 e. The summed E-state index contributed by atoms with van der Waals surface area (Å²) in [5.74, 6) is 0.754. The standard InChI is InChI=1S/C21H23N3O2S3/c1-27-13-21(26)9-11-24(12-10-21)20(25)15-5-7-16(8-6-15)23-29-18-4-2-3-17-19(18)22-14-28-17/h2-8,14,23,26H,9-13H2,1H3. The zero-order chi connectivity index (χ0) is 20.3. The van der Waals surface area contributed by atoms with Crippen LogP contribution in [0.1, 0.15) is 23.2 Å². The number of nitrogens with one attached hydrogen (secondary N) is 1. The van der Waals surface area contributed by atoms with Crippen LogP contribution in [0.2, 0.25) is 0 Å². The van der Waals surface area contributed by atoms with Crippen LogP contribution in [0.4, 0.5) is 5.69 Å². The highest BCUT2D eigenvalue weighted by Crippen LogP contribution is 2.30. The first-order valence-electron chi connectivity index (χ1n) is 9.44. The van der Waals surface area contributed by atoms with E-state index in [0.29, 0.717) is 31.5 Å². The normalized spacial score (nSPS) is 16.1. The third kappa shape index (κ3) is 4.71. The first kappa shape index (κ1) is 20.5. The number of carbonyl (C=O) groups excluding carboxylic acids is 1. The van der Waals surface area contributed by atoms with Gasteiger partial charge in [0.2, 0.25) is 0 Å². The molecule has 4 rings (SSSR count). The number of para-hydroxylation sites is 1. The number of amides is 1. The van der Waals surface area contributed by atoms with Gasteiger partial charge >= 0.3 is 0 Å². The lowest BCUT2D eigenvalue weighted by Crippen LogP contribution is -2.47. The van der Waals surface area contributed by atoms with Gasteiger partial charge in [0, 0.05) is 30.1 Å². The van der Waals surface area contributed by atoms with Crippen molar-refractivity contribution in [1.29, 1.82) is 0 Å². The van der Waals surface area contributed by atoms with E-state index in [4.69, 9.17) is 0 Å². The van der Waals surface area contributed by atoms with Gasteiger partial charge in [-0.2, -0.15) is 11.8 Å². The summed E-state index contributed by atoms with van der Waals surface area (Å²) in [5, 5.41) is 10.5. The van der Waals surface area contributed by atoms with Crippen molar-refractivity contribution in [2.24, 2.45) is 0 Å². The van der Waals surface area contributed by atoms with Crippen molar-refractivity contribution >= 4 is 56.9 Å². The molecule has 8 heteroatoms. The number of benzene rings is 2. The minimum absolute atomic E-state index is 0.0302. The molecular weight excluding hydrogens is 422 g/mol. The summed E-state index contributed by atoms with van der Waals surface area (Å²) in [4.78, 5) is 20.1. The van der Waals surface area contributed by atoms with Gasteiger partial charge < -0.3 is 14.7 Å². The third-order valence-electron chi connectivity index (χ3n) is 5.13. The highest BCUT2D eigenvalue weighted by molar-refractivity contribution is 8.00. The van der Waals surface area contributed by atoms with Gasteiger partial charge in [-0.05, 0) is 67.4 Å². The number of hydrogen-bond donors (Lipinski definition) is 2. The van der Waals surface area contributed by atoms with E-state index in [2.05, 4.69) is 15.8 Å². The Morgan fingerprint density at radius 2 is 2.00 bits per heavy atom. The van der Waals surface area contributed by atoms with Gasteiger partial charge in [0.05, 0.1) is 26.2 Å². The number of anilines is 1. The lowest BCUT2D eigenvalue weighted by molar-refractivity contribution is 0.00167. The first-order valence-corrected chi connectivity index (χ1v) is 12.5. The van der Waals surface area contributed by atoms with Crippen LogP contribution in [0.15, 0.2) is 52.9 Å². The Morgan fingerprint density at radius 1 is 1.24 bits per heavy atom. The average Bonchev–Trinajstić information content (AvgIpc) is 3.22. The quantitative estimate of drug-likeness (QED) is 0.534. The van der Waals surface area contributed by atoms with Gasteiger partial charge in [-0.15, -0.1) is 11.3 Å². The molecule has 2 aromatic carbocycles.